The molecule has 1 amide bonds. The van der Waals surface area contributed by atoms with Crippen molar-refractivity contribution in [3.63, 3.8) is 0 Å². The van der Waals surface area contributed by atoms with Gasteiger partial charge in [0.15, 0.2) is 6.20 Å². The number of hydrogen-bond donors (Lipinski definition) is 1. The first-order chi connectivity index (χ1) is 16.5. The molecule has 0 radical (unpaired) electrons. The van der Waals surface area contributed by atoms with E-state index < -0.39 is 0 Å². The maximum Gasteiger partial charge on any atom is 0.316 e. The first-order valence-corrected chi connectivity index (χ1v) is 13.5. The van der Waals surface area contributed by atoms with Gasteiger partial charge in [-0.3, -0.25) is 4.79 Å². The van der Waals surface area contributed by atoms with Crippen molar-refractivity contribution >= 4 is 5.91 Å². The number of rotatable bonds is 17. The number of unbranched alkanes of at least 4 members (excludes halogenated alkanes) is 11. The number of hydrogen-bond acceptors (Lipinski definition) is 2. The third kappa shape index (κ3) is 11.8. The topological polar surface area (TPSA) is 42.2 Å². The standard InChI is InChI=1S/C30H46N2O2.HI/c1-5-6-7-8-9-10-11-12-13-14-15-18-24-34-29-22-19-20-27(25(29)2)26(3)31-30(33)28-21-16-17-23-32(28)4;/h16-17,19-23,26H,5-15,18,24H2,1-4H3;1H. The number of halogens is 1. The Kier molecular flexibility index (Phi) is 16.7. The zero-order chi connectivity index (χ0) is 24.6. The fourth-order valence-electron chi connectivity index (χ4n) is 4.49. The fourth-order valence-corrected chi connectivity index (χ4v) is 4.49. The average Bonchev–Trinajstić information content (AvgIpc) is 2.83. The molecule has 1 N–H and O–H groups in total. The maximum atomic E-state index is 12.7. The third-order valence-electron chi connectivity index (χ3n) is 6.68. The van der Waals surface area contributed by atoms with Crippen molar-refractivity contribution < 1.29 is 38.1 Å². The van der Waals surface area contributed by atoms with Gasteiger partial charge >= 0.3 is 5.91 Å². The van der Waals surface area contributed by atoms with Gasteiger partial charge in [-0.05, 0) is 43.5 Å². The summed E-state index contributed by atoms with van der Waals surface area (Å²) >= 11 is 0. The number of carbonyl (C=O) groups is 1. The van der Waals surface area contributed by atoms with Crippen LogP contribution >= 0.6 is 0 Å². The summed E-state index contributed by atoms with van der Waals surface area (Å²) in [6.07, 6.45) is 18.0. The Labute approximate surface area is 231 Å². The molecule has 4 nitrogen and oxygen atoms in total. The average molecular weight is 595 g/mol. The second-order valence-corrected chi connectivity index (χ2v) is 9.60. The zero-order valence-corrected chi connectivity index (χ0v) is 24.6. The molecular weight excluding hydrogens is 547 g/mol. The molecule has 0 fully saturated rings. The highest BCUT2D eigenvalue weighted by atomic mass is 127. The van der Waals surface area contributed by atoms with Crippen LogP contribution in [0.2, 0.25) is 0 Å². The van der Waals surface area contributed by atoms with Crippen LogP contribution in [0.5, 0.6) is 5.75 Å². The summed E-state index contributed by atoms with van der Waals surface area (Å²) in [7, 11) is 1.88. The number of aromatic nitrogens is 1. The molecule has 5 heteroatoms. The van der Waals surface area contributed by atoms with Crippen molar-refractivity contribution in [2.45, 2.75) is 104 Å². The molecule has 2 aromatic rings. The molecule has 0 aliphatic rings. The summed E-state index contributed by atoms with van der Waals surface area (Å²) in [5, 5.41) is 3.12. The molecule has 1 aromatic heterocycles. The van der Waals surface area contributed by atoms with Crippen LogP contribution in [0.1, 0.15) is 119 Å². The van der Waals surface area contributed by atoms with Gasteiger partial charge < -0.3 is 34.0 Å². The van der Waals surface area contributed by atoms with Crippen LogP contribution in [0.25, 0.3) is 0 Å². The van der Waals surface area contributed by atoms with Crippen molar-refractivity contribution in [1.82, 2.24) is 5.32 Å². The number of pyridine rings is 1. The molecule has 1 atom stereocenters. The number of benzene rings is 1. The summed E-state index contributed by atoms with van der Waals surface area (Å²) in [6.45, 7) is 7.14. The Hall–Kier alpha value is -1.63. The Morgan fingerprint density at radius 3 is 2.09 bits per heavy atom. The zero-order valence-electron chi connectivity index (χ0n) is 22.5. The Bertz CT molecular complexity index is 856. The van der Waals surface area contributed by atoms with Crippen LogP contribution < -0.4 is 38.6 Å². The second-order valence-electron chi connectivity index (χ2n) is 9.60. The van der Waals surface area contributed by atoms with Gasteiger partial charge in [-0.25, -0.2) is 0 Å². The monoisotopic (exact) mass is 594 g/mol. The minimum absolute atomic E-state index is 0. The van der Waals surface area contributed by atoms with E-state index in [9.17, 15) is 4.79 Å². The van der Waals surface area contributed by atoms with Crippen LogP contribution in [0.15, 0.2) is 42.6 Å². The predicted molar refractivity (Wildman–Crippen MR) is 141 cm³/mol. The van der Waals surface area contributed by atoms with E-state index in [1.165, 1.54) is 70.6 Å². The van der Waals surface area contributed by atoms with Gasteiger partial charge in [0.2, 0.25) is 0 Å². The van der Waals surface area contributed by atoms with Crippen LogP contribution in [-0.2, 0) is 7.05 Å². The van der Waals surface area contributed by atoms with Gasteiger partial charge in [-0.2, -0.15) is 4.57 Å². The van der Waals surface area contributed by atoms with Crippen LogP contribution in [0.4, 0.5) is 0 Å². The normalized spacial score (nSPS) is 11.5. The number of amides is 1. The van der Waals surface area contributed by atoms with Crippen molar-refractivity contribution in [2.75, 3.05) is 6.61 Å². The first-order valence-electron chi connectivity index (χ1n) is 13.5. The van der Waals surface area contributed by atoms with E-state index in [0.29, 0.717) is 5.69 Å². The summed E-state index contributed by atoms with van der Waals surface area (Å²) < 4.78 is 7.95. The van der Waals surface area contributed by atoms with E-state index in [0.717, 1.165) is 29.9 Å². The van der Waals surface area contributed by atoms with E-state index in [1.54, 1.807) is 0 Å². The quantitative estimate of drug-likeness (QED) is 0.168. The van der Waals surface area contributed by atoms with E-state index in [-0.39, 0.29) is 35.9 Å². The lowest BCUT2D eigenvalue weighted by Crippen LogP contribution is -3.00. The Balaban J connectivity index is 0.00000612. The third-order valence-corrected chi connectivity index (χ3v) is 6.68. The summed E-state index contributed by atoms with van der Waals surface area (Å²) in [5.41, 5.74) is 2.84. The molecule has 0 spiro atoms. The Morgan fingerprint density at radius 2 is 1.49 bits per heavy atom. The van der Waals surface area contributed by atoms with E-state index >= 15 is 0 Å². The highest BCUT2D eigenvalue weighted by Crippen LogP contribution is 2.26. The van der Waals surface area contributed by atoms with E-state index in [4.69, 9.17) is 4.74 Å². The van der Waals surface area contributed by atoms with Crippen LogP contribution in [0, 0.1) is 6.92 Å². The van der Waals surface area contributed by atoms with E-state index in [1.807, 2.05) is 55.1 Å². The number of ether oxygens (including phenoxy) is 1. The van der Waals surface area contributed by atoms with Crippen LogP contribution in [0.3, 0.4) is 0 Å². The summed E-state index contributed by atoms with van der Waals surface area (Å²) in [4.78, 5) is 12.7. The fraction of sp³-hybridized carbons (Fsp3) is 0.600. The minimum atomic E-state index is -0.0945. The predicted octanol–water partition coefficient (Wildman–Crippen LogP) is 4.39. The van der Waals surface area contributed by atoms with Crippen molar-refractivity contribution in [2.24, 2.45) is 7.05 Å². The molecule has 1 aromatic carbocycles. The lowest BCUT2D eigenvalue weighted by atomic mass is 10.0. The van der Waals surface area contributed by atoms with Crippen molar-refractivity contribution in [3.05, 3.63) is 59.4 Å². The van der Waals surface area contributed by atoms with Crippen LogP contribution in [-0.4, -0.2) is 12.5 Å². The largest absolute Gasteiger partial charge is 1.00 e. The van der Waals surface area contributed by atoms with Gasteiger partial charge in [0.25, 0.3) is 5.69 Å². The van der Waals surface area contributed by atoms with Gasteiger partial charge in [-0.15, -0.1) is 0 Å². The van der Waals surface area contributed by atoms with Gasteiger partial charge in [0.05, 0.1) is 12.6 Å². The highest BCUT2D eigenvalue weighted by molar-refractivity contribution is 5.91. The number of nitrogens with one attached hydrogen (secondary N) is 1. The molecule has 0 aliphatic heterocycles. The highest BCUT2D eigenvalue weighted by Gasteiger charge is 2.20. The molecule has 35 heavy (non-hydrogen) atoms. The van der Waals surface area contributed by atoms with Gasteiger partial charge in [0, 0.05) is 12.1 Å². The molecule has 0 saturated heterocycles. The lowest BCUT2D eigenvalue weighted by molar-refractivity contribution is -0.673. The second kappa shape index (κ2) is 18.6. The molecule has 0 bridgehead atoms. The van der Waals surface area contributed by atoms with Crippen molar-refractivity contribution in [1.29, 1.82) is 0 Å². The van der Waals surface area contributed by atoms with Gasteiger partial charge in [0.1, 0.15) is 12.8 Å². The van der Waals surface area contributed by atoms with E-state index in [2.05, 4.69) is 25.2 Å². The minimum Gasteiger partial charge on any atom is -1.00 e. The Morgan fingerprint density at radius 1 is 0.886 bits per heavy atom. The number of carbonyl (C=O) groups excluding carboxylic acids is 1. The van der Waals surface area contributed by atoms with Gasteiger partial charge in [-0.1, -0.05) is 89.7 Å². The molecule has 196 valence electrons. The SMILES string of the molecule is CCCCCCCCCCCCCCOc1cccc(C(C)NC(=O)c2cccc[n+]2C)c1C.[I-]. The number of aryl methyl sites for hydroxylation is 1. The molecular formula is C30H47IN2O2. The molecule has 1 unspecified atom stereocenters. The summed E-state index contributed by atoms with van der Waals surface area (Å²) in [6, 6.07) is 11.7. The maximum absolute atomic E-state index is 12.7. The lowest BCUT2D eigenvalue weighted by Gasteiger charge is -2.18. The molecule has 0 saturated carbocycles. The first kappa shape index (κ1) is 31.4. The molecule has 2 rings (SSSR count). The van der Waals surface area contributed by atoms with Crippen molar-refractivity contribution in [3.8, 4) is 5.75 Å². The molecule has 1 heterocycles. The molecule has 0 aliphatic carbocycles. The smallest absolute Gasteiger partial charge is 0.316 e. The summed E-state index contributed by atoms with van der Waals surface area (Å²) in [5.74, 6) is 0.852. The number of nitrogens with zero attached hydrogens (tertiary/aromatic N) is 1.